The SMILES string of the molecule is C/C=C(\N=C(/CC)NC(=O)N(CCC(c1ccccc1)c1ccccc1)CCN1CCOCC1)c1cccnc1. The molecule has 1 aromatic heterocycles. The van der Waals surface area contributed by atoms with E-state index in [0.29, 0.717) is 25.3 Å². The normalized spacial score (nSPS) is 14.8. The van der Waals surface area contributed by atoms with Gasteiger partial charge in [0.15, 0.2) is 0 Å². The van der Waals surface area contributed by atoms with Gasteiger partial charge in [-0.25, -0.2) is 9.79 Å². The van der Waals surface area contributed by atoms with Crippen molar-refractivity contribution < 1.29 is 9.53 Å². The third kappa shape index (κ3) is 8.60. The Bertz CT molecular complexity index is 1190. The van der Waals surface area contributed by atoms with Crippen molar-refractivity contribution in [2.24, 2.45) is 4.99 Å². The van der Waals surface area contributed by atoms with Crippen molar-refractivity contribution in [3.8, 4) is 0 Å². The third-order valence-corrected chi connectivity index (χ3v) is 7.24. The molecule has 0 spiro atoms. The van der Waals surface area contributed by atoms with E-state index < -0.39 is 0 Å². The quantitative estimate of drug-likeness (QED) is 0.246. The molecule has 1 N–H and O–H groups in total. The molecule has 2 aromatic carbocycles. The van der Waals surface area contributed by atoms with Crippen LogP contribution in [0.25, 0.3) is 5.70 Å². The number of amides is 2. The highest BCUT2D eigenvalue weighted by Crippen LogP contribution is 2.28. The number of urea groups is 1. The molecule has 40 heavy (non-hydrogen) atoms. The highest BCUT2D eigenvalue weighted by Gasteiger charge is 2.21. The Morgan fingerprint density at radius 1 is 1.02 bits per heavy atom. The van der Waals surface area contributed by atoms with Crippen LogP contribution in [0.4, 0.5) is 4.79 Å². The van der Waals surface area contributed by atoms with Gasteiger partial charge in [-0.15, -0.1) is 0 Å². The van der Waals surface area contributed by atoms with Gasteiger partial charge in [-0.2, -0.15) is 0 Å². The van der Waals surface area contributed by atoms with E-state index in [9.17, 15) is 4.79 Å². The first kappa shape index (κ1) is 29.2. The number of pyridine rings is 1. The number of benzene rings is 2. The average molecular weight is 540 g/mol. The zero-order valence-electron chi connectivity index (χ0n) is 23.7. The number of aliphatic imine (C=N–C) groups is 1. The van der Waals surface area contributed by atoms with E-state index in [1.807, 2.05) is 49.1 Å². The fourth-order valence-corrected chi connectivity index (χ4v) is 4.94. The lowest BCUT2D eigenvalue weighted by atomic mass is 9.88. The van der Waals surface area contributed by atoms with Crippen LogP contribution in [0.1, 0.15) is 49.3 Å². The number of hydrogen-bond donors (Lipinski definition) is 1. The summed E-state index contributed by atoms with van der Waals surface area (Å²) in [5, 5.41) is 3.12. The van der Waals surface area contributed by atoms with Gasteiger partial charge in [0.2, 0.25) is 0 Å². The number of amidine groups is 1. The van der Waals surface area contributed by atoms with E-state index in [1.54, 1.807) is 12.4 Å². The van der Waals surface area contributed by atoms with Crippen LogP contribution in [-0.4, -0.2) is 72.6 Å². The molecule has 0 bridgehead atoms. The second kappa shape index (κ2) is 15.7. The molecule has 7 heteroatoms. The van der Waals surface area contributed by atoms with Crippen molar-refractivity contribution in [2.45, 2.75) is 32.6 Å². The summed E-state index contributed by atoms with van der Waals surface area (Å²) in [7, 11) is 0. The van der Waals surface area contributed by atoms with Gasteiger partial charge in [0.25, 0.3) is 0 Å². The summed E-state index contributed by atoms with van der Waals surface area (Å²) in [4.78, 5) is 27.1. The highest BCUT2D eigenvalue weighted by molar-refractivity contribution is 5.99. The lowest BCUT2D eigenvalue weighted by molar-refractivity contribution is 0.0349. The molecule has 0 atom stereocenters. The lowest BCUT2D eigenvalue weighted by Crippen LogP contribution is -2.48. The maximum Gasteiger partial charge on any atom is 0.322 e. The van der Waals surface area contributed by atoms with Crippen LogP contribution in [0, 0.1) is 0 Å². The molecule has 1 fully saturated rings. The van der Waals surface area contributed by atoms with Gasteiger partial charge >= 0.3 is 6.03 Å². The topological polar surface area (TPSA) is 70.1 Å². The predicted molar refractivity (Wildman–Crippen MR) is 162 cm³/mol. The Kier molecular flexibility index (Phi) is 11.5. The van der Waals surface area contributed by atoms with E-state index in [4.69, 9.17) is 9.73 Å². The van der Waals surface area contributed by atoms with Crippen LogP contribution in [0.3, 0.4) is 0 Å². The summed E-state index contributed by atoms with van der Waals surface area (Å²) in [5.74, 6) is 0.835. The second-order valence-electron chi connectivity index (χ2n) is 9.86. The summed E-state index contributed by atoms with van der Waals surface area (Å²) >= 11 is 0. The standard InChI is InChI=1S/C33H41N5O2/c1-3-31(29-16-11-18-34-26-29)35-32(4-2)36-33(39)38(21-20-37-22-24-40-25-23-37)19-17-30(27-12-7-5-8-13-27)28-14-9-6-10-15-28/h3,5-16,18,26,30H,4,17,19-25H2,1-2H3,(H,35,36,39)/b31-3-. The summed E-state index contributed by atoms with van der Waals surface area (Å²) in [5.41, 5.74) is 4.22. The molecular weight excluding hydrogens is 498 g/mol. The number of nitrogens with zero attached hydrogens (tertiary/aromatic N) is 4. The van der Waals surface area contributed by atoms with Crippen molar-refractivity contribution >= 4 is 17.6 Å². The van der Waals surface area contributed by atoms with Crippen LogP contribution in [0.15, 0.2) is 96.3 Å². The van der Waals surface area contributed by atoms with Crippen molar-refractivity contribution in [1.29, 1.82) is 0 Å². The van der Waals surface area contributed by atoms with Crippen LogP contribution in [0.2, 0.25) is 0 Å². The number of allylic oxidation sites excluding steroid dienone is 1. The van der Waals surface area contributed by atoms with Crippen LogP contribution < -0.4 is 5.32 Å². The summed E-state index contributed by atoms with van der Waals surface area (Å²) in [6, 6.07) is 24.9. The molecule has 7 nitrogen and oxygen atoms in total. The van der Waals surface area contributed by atoms with Gasteiger partial charge in [-0.1, -0.05) is 73.7 Å². The van der Waals surface area contributed by atoms with Gasteiger partial charge < -0.3 is 9.64 Å². The molecule has 3 aromatic rings. The van der Waals surface area contributed by atoms with Gasteiger partial charge in [-0.3, -0.25) is 15.2 Å². The van der Waals surface area contributed by atoms with Crippen molar-refractivity contribution in [3.05, 3.63) is 108 Å². The average Bonchev–Trinajstić information content (AvgIpc) is 3.02. The van der Waals surface area contributed by atoms with Crippen LogP contribution in [0.5, 0.6) is 0 Å². The maximum absolute atomic E-state index is 13.7. The Morgan fingerprint density at radius 2 is 1.70 bits per heavy atom. The van der Waals surface area contributed by atoms with Crippen molar-refractivity contribution in [2.75, 3.05) is 45.9 Å². The van der Waals surface area contributed by atoms with Crippen LogP contribution in [-0.2, 0) is 4.74 Å². The van der Waals surface area contributed by atoms with Crippen LogP contribution >= 0.6 is 0 Å². The Morgan fingerprint density at radius 3 is 2.27 bits per heavy atom. The lowest BCUT2D eigenvalue weighted by Gasteiger charge is -2.31. The van der Waals surface area contributed by atoms with E-state index in [-0.39, 0.29) is 11.9 Å². The first-order valence-corrected chi connectivity index (χ1v) is 14.3. The summed E-state index contributed by atoms with van der Waals surface area (Å²) in [6.07, 6.45) is 6.90. The minimum Gasteiger partial charge on any atom is -0.379 e. The number of morpholine rings is 1. The minimum atomic E-state index is -0.115. The van der Waals surface area contributed by atoms with Gasteiger partial charge in [0.1, 0.15) is 5.84 Å². The maximum atomic E-state index is 13.7. The van der Waals surface area contributed by atoms with Gasteiger partial charge in [0.05, 0.1) is 18.9 Å². The first-order chi connectivity index (χ1) is 19.7. The molecule has 2 amide bonds. The predicted octanol–water partition coefficient (Wildman–Crippen LogP) is 5.82. The molecule has 4 rings (SSSR count). The van der Waals surface area contributed by atoms with E-state index in [1.165, 1.54) is 11.1 Å². The Balaban J connectivity index is 1.51. The number of carbonyl (C=O) groups is 1. The van der Waals surface area contributed by atoms with E-state index in [0.717, 1.165) is 50.5 Å². The molecule has 0 saturated carbocycles. The Hall–Kier alpha value is -3.81. The molecule has 2 heterocycles. The molecule has 0 unspecified atom stereocenters. The first-order valence-electron chi connectivity index (χ1n) is 14.3. The summed E-state index contributed by atoms with van der Waals surface area (Å²) in [6.45, 7) is 9.29. The van der Waals surface area contributed by atoms with Crippen molar-refractivity contribution in [3.63, 3.8) is 0 Å². The molecule has 1 aliphatic heterocycles. The zero-order chi connectivity index (χ0) is 28.0. The molecule has 1 aliphatic rings. The smallest absolute Gasteiger partial charge is 0.322 e. The third-order valence-electron chi connectivity index (χ3n) is 7.24. The number of ether oxygens (including phenoxy) is 1. The molecule has 0 aliphatic carbocycles. The molecule has 0 radical (unpaired) electrons. The summed E-state index contributed by atoms with van der Waals surface area (Å²) < 4.78 is 5.52. The minimum absolute atomic E-state index is 0.115. The largest absolute Gasteiger partial charge is 0.379 e. The number of hydrogen-bond acceptors (Lipinski definition) is 5. The Labute approximate surface area is 238 Å². The van der Waals surface area contributed by atoms with Gasteiger partial charge in [0, 0.05) is 63.0 Å². The molecule has 210 valence electrons. The monoisotopic (exact) mass is 539 g/mol. The van der Waals surface area contributed by atoms with Crippen molar-refractivity contribution in [1.82, 2.24) is 20.1 Å². The number of rotatable bonds is 11. The zero-order valence-corrected chi connectivity index (χ0v) is 23.7. The number of nitrogens with one attached hydrogen (secondary N) is 1. The second-order valence-corrected chi connectivity index (χ2v) is 9.86. The number of carbonyl (C=O) groups excluding carboxylic acids is 1. The number of aromatic nitrogens is 1. The highest BCUT2D eigenvalue weighted by atomic mass is 16.5. The molecule has 1 saturated heterocycles. The van der Waals surface area contributed by atoms with E-state index in [2.05, 4.69) is 63.7 Å². The molecular formula is C33H41N5O2. The van der Waals surface area contributed by atoms with E-state index >= 15 is 0 Å². The van der Waals surface area contributed by atoms with Gasteiger partial charge in [-0.05, 0) is 36.6 Å². The fourth-order valence-electron chi connectivity index (χ4n) is 4.94. The fraction of sp³-hybridized carbons (Fsp3) is 0.364.